The molecule has 0 aliphatic rings. The number of aromatic nitrogens is 3. The fraction of sp³-hybridized carbons (Fsp3) is 0.800. The summed E-state index contributed by atoms with van der Waals surface area (Å²) >= 11 is 0. The predicted octanol–water partition coefficient (Wildman–Crippen LogP) is 0.970. The largest absolute Gasteiger partial charge is 0.383 e. The molecular weight excluding hydrogens is 192 g/mol. The molecule has 0 aliphatic carbocycles. The molecule has 0 radical (unpaired) electrons. The zero-order chi connectivity index (χ0) is 11.3. The van der Waals surface area contributed by atoms with Gasteiger partial charge in [0.25, 0.3) is 0 Å². The summed E-state index contributed by atoms with van der Waals surface area (Å²) in [5.74, 6) is 1.26. The van der Waals surface area contributed by atoms with Crippen molar-refractivity contribution in [3.8, 4) is 0 Å². The van der Waals surface area contributed by atoms with Crippen molar-refractivity contribution in [3.63, 3.8) is 0 Å². The van der Waals surface area contributed by atoms with Gasteiger partial charge in [-0.15, -0.1) is 10.2 Å². The van der Waals surface area contributed by atoms with Crippen molar-refractivity contribution in [2.75, 3.05) is 13.7 Å². The Labute approximate surface area is 90.6 Å². The second-order valence-corrected chi connectivity index (χ2v) is 3.79. The van der Waals surface area contributed by atoms with E-state index in [2.05, 4.69) is 24.0 Å². The molecule has 0 fully saturated rings. The van der Waals surface area contributed by atoms with Gasteiger partial charge >= 0.3 is 0 Å². The Morgan fingerprint density at radius 3 is 2.93 bits per heavy atom. The predicted molar refractivity (Wildman–Crippen MR) is 58.3 cm³/mol. The Morgan fingerprint density at radius 1 is 1.60 bits per heavy atom. The summed E-state index contributed by atoms with van der Waals surface area (Å²) in [5.41, 5.74) is 6.10. The molecule has 2 N–H and O–H groups in total. The Balaban J connectivity index is 2.70. The molecule has 0 unspecified atom stereocenters. The highest BCUT2D eigenvalue weighted by Gasteiger charge is 2.18. The van der Waals surface area contributed by atoms with Crippen molar-refractivity contribution in [3.05, 3.63) is 12.2 Å². The van der Waals surface area contributed by atoms with Gasteiger partial charge in [0.2, 0.25) is 0 Å². The molecule has 5 heteroatoms. The van der Waals surface area contributed by atoms with Crippen LogP contribution >= 0.6 is 0 Å². The summed E-state index contributed by atoms with van der Waals surface area (Å²) in [7, 11) is 1.68. The normalized spacial score (nSPS) is 15.2. The van der Waals surface area contributed by atoms with Crippen LogP contribution in [0.15, 0.2) is 6.33 Å². The second kappa shape index (κ2) is 5.82. The van der Waals surface area contributed by atoms with Crippen LogP contribution in [0.4, 0.5) is 0 Å². The second-order valence-electron chi connectivity index (χ2n) is 3.79. The number of methoxy groups -OCH3 is 1. The van der Waals surface area contributed by atoms with Crippen LogP contribution in [0.5, 0.6) is 0 Å². The molecule has 1 rings (SSSR count). The van der Waals surface area contributed by atoms with Crippen molar-refractivity contribution in [2.24, 2.45) is 11.7 Å². The summed E-state index contributed by atoms with van der Waals surface area (Å²) in [6.07, 6.45) is 2.74. The third-order valence-corrected chi connectivity index (χ3v) is 2.74. The van der Waals surface area contributed by atoms with Crippen LogP contribution in [0.25, 0.3) is 0 Å². The summed E-state index contributed by atoms with van der Waals surface area (Å²) in [5, 5.41) is 7.96. The van der Waals surface area contributed by atoms with Crippen molar-refractivity contribution >= 4 is 0 Å². The van der Waals surface area contributed by atoms with Crippen LogP contribution in [0.1, 0.15) is 32.1 Å². The number of hydrogen-bond donors (Lipinski definition) is 1. The van der Waals surface area contributed by atoms with E-state index in [1.807, 2.05) is 4.57 Å². The molecule has 0 spiro atoms. The lowest BCUT2D eigenvalue weighted by Gasteiger charge is -2.18. The van der Waals surface area contributed by atoms with Gasteiger partial charge in [0.15, 0.2) is 0 Å². The summed E-state index contributed by atoms with van der Waals surface area (Å²) < 4.78 is 6.98. The Kier molecular flexibility index (Phi) is 4.71. The monoisotopic (exact) mass is 212 g/mol. The standard InChI is InChI=1S/C10H20N4O/c1-4-8(2)9(11)10-13-12-7-14(10)5-6-15-3/h7-9H,4-6,11H2,1-3H3/t8-,9-/m0/s1. The minimum absolute atomic E-state index is 0.0469. The molecule has 1 aromatic heterocycles. The van der Waals surface area contributed by atoms with Crippen LogP contribution in [-0.2, 0) is 11.3 Å². The Bertz CT molecular complexity index is 287. The maximum absolute atomic E-state index is 6.10. The highest BCUT2D eigenvalue weighted by Crippen LogP contribution is 2.19. The topological polar surface area (TPSA) is 66.0 Å². The SMILES string of the molecule is CC[C@H](C)[C@H](N)c1nncn1CCOC. The molecule has 1 aromatic rings. The Morgan fingerprint density at radius 2 is 2.33 bits per heavy atom. The number of hydrogen-bond acceptors (Lipinski definition) is 4. The number of rotatable bonds is 6. The van der Waals surface area contributed by atoms with E-state index in [1.54, 1.807) is 13.4 Å². The molecule has 0 saturated carbocycles. The van der Waals surface area contributed by atoms with Gasteiger partial charge in [-0.2, -0.15) is 0 Å². The van der Waals surface area contributed by atoms with Crippen LogP contribution in [0.2, 0.25) is 0 Å². The zero-order valence-electron chi connectivity index (χ0n) is 9.68. The lowest BCUT2D eigenvalue weighted by molar-refractivity contribution is 0.185. The molecule has 0 amide bonds. The fourth-order valence-electron chi connectivity index (χ4n) is 1.39. The highest BCUT2D eigenvalue weighted by molar-refractivity contribution is 4.95. The van der Waals surface area contributed by atoms with Gasteiger partial charge in [-0.1, -0.05) is 20.3 Å². The van der Waals surface area contributed by atoms with Crippen molar-refractivity contribution in [1.29, 1.82) is 0 Å². The number of nitrogens with zero attached hydrogens (tertiary/aromatic N) is 3. The number of nitrogens with two attached hydrogens (primary N) is 1. The lowest BCUT2D eigenvalue weighted by Crippen LogP contribution is -2.23. The lowest BCUT2D eigenvalue weighted by atomic mass is 9.99. The fourth-order valence-corrected chi connectivity index (χ4v) is 1.39. The molecule has 0 bridgehead atoms. The van der Waals surface area contributed by atoms with Crippen molar-refractivity contribution in [1.82, 2.24) is 14.8 Å². The number of ether oxygens (including phenoxy) is 1. The van der Waals surface area contributed by atoms with Crippen LogP contribution in [0.3, 0.4) is 0 Å². The molecule has 2 atom stereocenters. The van der Waals surface area contributed by atoms with Gasteiger partial charge < -0.3 is 15.0 Å². The van der Waals surface area contributed by atoms with Gasteiger partial charge in [-0.25, -0.2) is 0 Å². The quantitative estimate of drug-likeness (QED) is 0.763. The highest BCUT2D eigenvalue weighted by atomic mass is 16.5. The van der Waals surface area contributed by atoms with Crippen LogP contribution in [0, 0.1) is 5.92 Å². The third kappa shape index (κ3) is 3.00. The summed E-state index contributed by atoms with van der Waals surface area (Å²) in [4.78, 5) is 0. The minimum Gasteiger partial charge on any atom is -0.383 e. The Hall–Kier alpha value is -0.940. The smallest absolute Gasteiger partial charge is 0.150 e. The zero-order valence-corrected chi connectivity index (χ0v) is 9.68. The molecule has 0 aromatic carbocycles. The molecule has 1 heterocycles. The van der Waals surface area contributed by atoms with E-state index >= 15 is 0 Å². The van der Waals surface area contributed by atoms with E-state index in [1.165, 1.54) is 0 Å². The van der Waals surface area contributed by atoms with Gasteiger partial charge in [0.05, 0.1) is 12.6 Å². The van der Waals surface area contributed by atoms with Gasteiger partial charge in [0, 0.05) is 13.7 Å². The van der Waals surface area contributed by atoms with Crippen LogP contribution in [-0.4, -0.2) is 28.5 Å². The van der Waals surface area contributed by atoms with E-state index in [4.69, 9.17) is 10.5 Å². The average Bonchev–Trinajstić information content (AvgIpc) is 2.72. The third-order valence-electron chi connectivity index (χ3n) is 2.74. The van der Waals surface area contributed by atoms with E-state index in [0.717, 1.165) is 18.8 Å². The molecule has 15 heavy (non-hydrogen) atoms. The first kappa shape index (κ1) is 12.1. The van der Waals surface area contributed by atoms with E-state index in [-0.39, 0.29) is 6.04 Å². The first-order valence-corrected chi connectivity index (χ1v) is 5.32. The first-order chi connectivity index (χ1) is 7.20. The summed E-state index contributed by atoms with van der Waals surface area (Å²) in [6.45, 7) is 5.65. The minimum atomic E-state index is -0.0469. The molecule has 0 saturated heterocycles. The molecular formula is C10H20N4O. The van der Waals surface area contributed by atoms with Crippen molar-refractivity contribution in [2.45, 2.75) is 32.9 Å². The van der Waals surface area contributed by atoms with Crippen molar-refractivity contribution < 1.29 is 4.74 Å². The maximum Gasteiger partial charge on any atom is 0.150 e. The van der Waals surface area contributed by atoms with Gasteiger partial charge in [-0.3, -0.25) is 0 Å². The first-order valence-electron chi connectivity index (χ1n) is 5.32. The average molecular weight is 212 g/mol. The van der Waals surface area contributed by atoms with E-state index in [9.17, 15) is 0 Å². The summed E-state index contributed by atoms with van der Waals surface area (Å²) in [6, 6.07) is -0.0469. The van der Waals surface area contributed by atoms with Crippen LogP contribution < -0.4 is 5.73 Å². The maximum atomic E-state index is 6.10. The van der Waals surface area contributed by atoms with Gasteiger partial charge in [-0.05, 0) is 5.92 Å². The molecule has 0 aliphatic heterocycles. The molecule has 86 valence electrons. The van der Waals surface area contributed by atoms with E-state index < -0.39 is 0 Å². The molecule has 5 nitrogen and oxygen atoms in total. The van der Waals surface area contributed by atoms with Gasteiger partial charge in [0.1, 0.15) is 12.2 Å². The van der Waals surface area contributed by atoms with E-state index in [0.29, 0.717) is 12.5 Å².